The van der Waals surface area contributed by atoms with Crippen molar-refractivity contribution in [2.45, 2.75) is 26.7 Å². The summed E-state index contributed by atoms with van der Waals surface area (Å²) in [6, 6.07) is 3.56. The van der Waals surface area contributed by atoms with Crippen LogP contribution < -0.4 is 10.6 Å². The number of carbonyl (C=O) groups is 1. The SMILES string of the molecule is CNc1cc(C(=O)Nc2nc(C)cs2)cc(C(C)C)n1. The van der Waals surface area contributed by atoms with Gasteiger partial charge in [-0.2, -0.15) is 0 Å². The number of nitrogens with one attached hydrogen (secondary N) is 2. The Bertz CT molecular complexity index is 621. The fourth-order valence-corrected chi connectivity index (χ4v) is 2.37. The second-order valence-corrected chi connectivity index (χ2v) is 5.68. The van der Waals surface area contributed by atoms with Gasteiger partial charge in [-0.1, -0.05) is 13.8 Å². The zero-order chi connectivity index (χ0) is 14.7. The Labute approximate surface area is 122 Å². The molecule has 0 aliphatic heterocycles. The van der Waals surface area contributed by atoms with Gasteiger partial charge in [0.05, 0.1) is 5.69 Å². The Balaban J connectivity index is 2.26. The lowest BCUT2D eigenvalue weighted by molar-refractivity contribution is 0.102. The molecule has 2 aromatic rings. The standard InChI is InChI=1S/C14H18N4OS/c1-8(2)11-5-10(6-12(15-4)17-11)13(19)18-14-16-9(3)7-20-14/h5-8H,1-4H3,(H,15,17)(H,16,18,19). The highest BCUT2D eigenvalue weighted by atomic mass is 32.1. The molecule has 6 heteroatoms. The third-order valence-corrected chi connectivity index (χ3v) is 3.67. The molecule has 2 heterocycles. The van der Waals surface area contributed by atoms with Gasteiger partial charge in [0.2, 0.25) is 0 Å². The van der Waals surface area contributed by atoms with Crippen molar-refractivity contribution in [1.29, 1.82) is 0 Å². The summed E-state index contributed by atoms with van der Waals surface area (Å²) < 4.78 is 0. The first-order valence-corrected chi connectivity index (χ1v) is 7.30. The van der Waals surface area contributed by atoms with Crippen molar-refractivity contribution in [3.63, 3.8) is 0 Å². The quantitative estimate of drug-likeness (QED) is 0.907. The van der Waals surface area contributed by atoms with Crippen LogP contribution in [0.15, 0.2) is 17.5 Å². The van der Waals surface area contributed by atoms with E-state index in [9.17, 15) is 4.79 Å². The molecule has 0 spiro atoms. The molecular weight excluding hydrogens is 272 g/mol. The molecule has 2 N–H and O–H groups in total. The largest absolute Gasteiger partial charge is 0.373 e. The smallest absolute Gasteiger partial charge is 0.257 e. The number of hydrogen-bond donors (Lipinski definition) is 2. The van der Waals surface area contributed by atoms with Crippen molar-refractivity contribution in [1.82, 2.24) is 9.97 Å². The minimum atomic E-state index is -0.167. The van der Waals surface area contributed by atoms with Gasteiger partial charge < -0.3 is 5.32 Å². The third kappa shape index (κ3) is 3.33. The average Bonchev–Trinajstić information content (AvgIpc) is 2.83. The molecule has 0 aliphatic rings. The summed E-state index contributed by atoms with van der Waals surface area (Å²) in [5.74, 6) is 0.786. The first kappa shape index (κ1) is 14.5. The number of carbonyl (C=O) groups excluding carboxylic acids is 1. The van der Waals surface area contributed by atoms with Gasteiger partial charge in [0.1, 0.15) is 5.82 Å². The number of amides is 1. The summed E-state index contributed by atoms with van der Waals surface area (Å²) in [5, 5.41) is 8.31. The Hall–Kier alpha value is -1.95. The summed E-state index contributed by atoms with van der Waals surface area (Å²) in [7, 11) is 1.79. The zero-order valence-electron chi connectivity index (χ0n) is 12.0. The van der Waals surface area contributed by atoms with Crippen LogP contribution in [0, 0.1) is 6.92 Å². The van der Waals surface area contributed by atoms with E-state index in [1.807, 2.05) is 32.2 Å². The predicted molar refractivity (Wildman–Crippen MR) is 82.7 cm³/mol. The summed E-state index contributed by atoms with van der Waals surface area (Å²) in [6.45, 7) is 6.00. The third-order valence-electron chi connectivity index (χ3n) is 2.79. The Kier molecular flexibility index (Phi) is 4.34. The predicted octanol–water partition coefficient (Wildman–Crippen LogP) is 3.26. The van der Waals surface area contributed by atoms with Crippen molar-refractivity contribution in [3.8, 4) is 0 Å². The van der Waals surface area contributed by atoms with E-state index in [4.69, 9.17) is 0 Å². The molecule has 2 aromatic heterocycles. The maximum absolute atomic E-state index is 12.3. The van der Waals surface area contributed by atoms with E-state index in [1.54, 1.807) is 13.1 Å². The Morgan fingerprint density at radius 2 is 2.05 bits per heavy atom. The summed E-state index contributed by atoms with van der Waals surface area (Å²) in [5.41, 5.74) is 2.37. The van der Waals surface area contributed by atoms with Crippen molar-refractivity contribution in [2.24, 2.45) is 0 Å². The fourth-order valence-electron chi connectivity index (χ4n) is 1.69. The van der Waals surface area contributed by atoms with Gasteiger partial charge in [-0.25, -0.2) is 9.97 Å². The minimum Gasteiger partial charge on any atom is -0.373 e. The molecule has 0 aromatic carbocycles. The van der Waals surface area contributed by atoms with Crippen LogP contribution in [0.4, 0.5) is 10.9 Å². The number of rotatable bonds is 4. The highest BCUT2D eigenvalue weighted by Crippen LogP contribution is 2.20. The number of aromatic nitrogens is 2. The molecule has 0 saturated carbocycles. The van der Waals surface area contributed by atoms with Crippen LogP contribution >= 0.6 is 11.3 Å². The van der Waals surface area contributed by atoms with E-state index >= 15 is 0 Å². The van der Waals surface area contributed by atoms with Gasteiger partial charge in [0.25, 0.3) is 5.91 Å². The molecule has 0 saturated heterocycles. The van der Waals surface area contributed by atoms with E-state index in [0.717, 1.165) is 11.4 Å². The van der Waals surface area contributed by atoms with E-state index in [0.29, 0.717) is 16.5 Å². The lowest BCUT2D eigenvalue weighted by Crippen LogP contribution is -2.13. The first-order chi connectivity index (χ1) is 9.49. The number of pyridine rings is 1. The fraction of sp³-hybridized carbons (Fsp3) is 0.357. The molecular formula is C14H18N4OS. The van der Waals surface area contributed by atoms with Crippen LogP contribution in [0.25, 0.3) is 0 Å². The number of aryl methyl sites for hydroxylation is 1. The van der Waals surface area contributed by atoms with Crippen LogP contribution in [0.1, 0.15) is 41.5 Å². The van der Waals surface area contributed by atoms with Gasteiger partial charge in [0, 0.05) is 23.7 Å². The number of hydrogen-bond acceptors (Lipinski definition) is 5. The molecule has 0 fully saturated rings. The van der Waals surface area contributed by atoms with Crippen LogP contribution in [0.5, 0.6) is 0 Å². The van der Waals surface area contributed by atoms with Gasteiger partial charge in [-0.15, -0.1) is 11.3 Å². The Morgan fingerprint density at radius 1 is 1.30 bits per heavy atom. The lowest BCUT2D eigenvalue weighted by atomic mass is 10.1. The van der Waals surface area contributed by atoms with Crippen molar-refractivity contribution >= 4 is 28.2 Å². The molecule has 106 valence electrons. The lowest BCUT2D eigenvalue weighted by Gasteiger charge is -2.10. The minimum absolute atomic E-state index is 0.167. The van der Waals surface area contributed by atoms with Gasteiger partial charge in [0.15, 0.2) is 5.13 Å². The molecule has 0 aliphatic carbocycles. The number of nitrogens with zero attached hydrogens (tertiary/aromatic N) is 2. The van der Waals surface area contributed by atoms with Crippen molar-refractivity contribution in [2.75, 3.05) is 17.7 Å². The second-order valence-electron chi connectivity index (χ2n) is 4.82. The van der Waals surface area contributed by atoms with Gasteiger partial charge >= 0.3 is 0 Å². The van der Waals surface area contributed by atoms with E-state index in [1.165, 1.54) is 11.3 Å². The maximum Gasteiger partial charge on any atom is 0.257 e. The van der Waals surface area contributed by atoms with E-state index in [2.05, 4.69) is 20.6 Å². The Morgan fingerprint density at radius 3 is 2.60 bits per heavy atom. The molecule has 0 radical (unpaired) electrons. The molecule has 0 unspecified atom stereocenters. The second kappa shape index (κ2) is 6.00. The molecule has 2 rings (SSSR count). The van der Waals surface area contributed by atoms with Gasteiger partial charge in [-0.05, 0) is 25.0 Å². The van der Waals surface area contributed by atoms with E-state index < -0.39 is 0 Å². The summed E-state index contributed by atoms with van der Waals surface area (Å²) in [4.78, 5) is 20.9. The highest BCUT2D eigenvalue weighted by molar-refractivity contribution is 7.13. The number of anilines is 2. The molecule has 20 heavy (non-hydrogen) atoms. The first-order valence-electron chi connectivity index (χ1n) is 6.43. The van der Waals surface area contributed by atoms with Gasteiger partial charge in [-0.3, -0.25) is 10.1 Å². The molecule has 1 amide bonds. The summed E-state index contributed by atoms with van der Waals surface area (Å²) >= 11 is 1.42. The molecule has 0 atom stereocenters. The van der Waals surface area contributed by atoms with Crippen LogP contribution in [-0.2, 0) is 0 Å². The topological polar surface area (TPSA) is 66.9 Å². The normalized spacial score (nSPS) is 10.7. The number of thiazole rings is 1. The van der Waals surface area contributed by atoms with Crippen LogP contribution in [-0.4, -0.2) is 22.9 Å². The maximum atomic E-state index is 12.3. The van der Waals surface area contributed by atoms with E-state index in [-0.39, 0.29) is 11.8 Å². The van der Waals surface area contributed by atoms with Crippen LogP contribution in [0.3, 0.4) is 0 Å². The molecule has 0 bridgehead atoms. The highest BCUT2D eigenvalue weighted by Gasteiger charge is 2.13. The van der Waals surface area contributed by atoms with Crippen molar-refractivity contribution < 1.29 is 4.79 Å². The summed E-state index contributed by atoms with van der Waals surface area (Å²) in [6.07, 6.45) is 0. The average molecular weight is 290 g/mol. The van der Waals surface area contributed by atoms with Crippen molar-refractivity contribution in [3.05, 3.63) is 34.5 Å². The zero-order valence-corrected chi connectivity index (χ0v) is 12.8. The monoisotopic (exact) mass is 290 g/mol. The van der Waals surface area contributed by atoms with Crippen LogP contribution in [0.2, 0.25) is 0 Å². The molecule has 5 nitrogen and oxygen atoms in total.